The third kappa shape index (κ3) is 3.45. The van der Waals surface area contributed by atoms with E-state index in [9.17, 15) is 14.4 Å². The van der Waals surface area contributed by atoms with Crippen molar-refractivity contribution >= 4 is 39.5 Å². The van der Waals surface area contributed by atoms with Crippen LogP contribution in [0.5, 0.6) is 0 Å². The predicted molar refractivity (Wildman–Crippen MR) is 113 cm³/mol. The Kier molecular flexibility index (Phi) is 5.10. The molecule has 4 aromatic rings. The molecule has 0 bridgehead atoms. The van der Waals surface area contributed by atoms with Gasteiger partial charge < -0.3 is 20.0 Å². The summed E-state index contributed by atoms with van der Waals surface area (Å²) in [6.45, 7) is 1.74. The normalized spacial score (nSPS) is 12.1. The minimum atomic E-state index is -0.990. The van der Waals surface area contributed by atoms with Crippen molar-refractivity contribution in [3.63, 3.8) is 0 Å². The molecule has 1 atom stereocenters. The van der Waals surface area contributed by atoms with Gasteiger partial charge in [-0.25, -0.2) is 4.79 Å². The van der Waals surface area contributed by atoms with E-state index in [0.717, 1.165) is 22.0 Å². The van der Waals surface area contributed by atoms with Crippen molar-refractivity contribution in [3.05, 3.63) is 71.5 Å². The molecule has 0 aliphatic heterocycles. The summed E-state index contributed by atoms with van der Waals surface area (Å²) in [7, 11) is 1.25. The van der Waals surface area contributed by atoms with Crippen LogP contribution in [0, 0.1) is 6.92 Å². The molecule has 2 heterocycles. The molecule has 0 aliphatic carbocycles. The number of fused-ring (bicyclic) bond motifs is 2. The molecule has 0 fully saturated rings. The summed E-state index contributed by atoms with van der Waals surface area (Å²) in [5.74, 6) is -2.16. The maximum Gasteiger partial charge on any atom is 0.328 e. The Morgan fingerprint density at radius 2 is 1.67 bits per heavy atom. The van der Waals surface area contributed by atoms with E-state index < -0.39 is 23.7 Å². The first kappa shape index (κ1) is 19.4. The number of aromatic nitrogens is 2. The summed E-state index contributed by atoms with van der Waals surface area (Å²) in [5, 5.41) is 4.17. The number of hydrogen-bond donors (Lipinski definition) is 3. The monoisotopic (exact) mass is 403 g/mol. The van der Waals surface area contributed by atoms with Crippen LogP contribution in [0.15, 0.2) is 54.7 Å². The maximum atomic E-state index is 12.9. The number of H-pyrrole nitrogens is 2. The van der Waals surface area contributed by atoms with Gasteiger partial charge in [-0.05, 0) is 24.6 Å². The summed E-state index contributed by atoms with van der Waals surface area (Å²) >= 11 is 0. The van der Waals surface area contributed by atoms with Crippen molar-refractivity contribution < 1.29 is 19.1 Å². The Bertz CT molecular complexity index is 1270. The zero-order chi connectivity index (χ0) is 21.3. The van der Waals surface area contributed by atoms with Crippen LogP contribution in [0.2, 0.25) is 0 Å². The molecule has 0 saturated carbocycles. The lowest BCUT2D eigenvalue weighted by Crippen LogP contribution is -2.45. The van der Waals surface area contributed by atoms with Crippen molar-refractivity contribution in [3.8, 4) is 0 Å². The van der Waals surface area contributed by atoms with Crippen LogP contribution >= 0.6 is 0 Å². The zero-order valence-corrected chi connectivity index (χ0v) is 16.6. The maximum absolute atomic E-state index is 12.9. The second kappa shape index (κ2) is 7.87. The molecule has 7 nitrogen and oxygen atoms in total. The van der Waals surface area contributed by atoms with Crippen LogP contribution in [0.4, 0.5) is 0 Å². The van der Waals surface area contributed by atoms with Gasteiger partial charge in [0.15, 0.2) is 0 Å². The predicted octanol–water partition coefficient (Wildman–Crippen LogP) is 3.04. The van der Waals surface area contributed by atoms with Gasteiger partial charge in [-0.1, -0.05) is 36.4 Å². The molecule has 3 N–H and O–H groups in total. The zero-order valence-electron chi connectivity index (χ0n) is 16.6. The fourth-order valence-electron chi connectivity index (χ4n) is 3.76. The molecule has 0 radical (unpaired) electrons. The van der Waals surface area contributed by atoms with E-state index in [1.807, 2.05) is 36.4 Å². The Morgan fingerprint density at radius 3 is 2.40 bits per heavy atom. The van der Waals surface area contributed by atoms with E-state index in [1.165, 1.54) is 7.11 Å². The van der Waals surface area contributed by atoms with Crippen molar-refractivity contribution in [2.45, 2.75) is 19.4 Å². The van der Waals surface area contributed by atoms with Gasteiger partial charge in [-0.2, -0.15) is 0 Å². The first-order chi connectivity index (χ1) is 14.5. The molecule has 2 aromatic heterocycles. The first-order valence-corrected chi connectivity index (χ1v) is 9.55. The number of carbonyl (C=O) groups is 3. The Balaban J connectivity index is 1.60. The van der Waals surface area contributed by atoms with Crippen molar-refractivity contribution in [2.24, 2.45) is 0 Å². The number of benzene rings is 2. The van der Waals surface area contributed by atoms with Crippen LogP contribution in [-0.4, -0.2) is 40.8 Å². The van der Waals surface area contributed by atoms with E-state index in [2.05, 4.69) is 15.3 Å². The van der Waals surface area contributed by atoms with Gasteiger partial charge in [0.2, 0.25) is 0 Å². The van der Waals surface area contributed by atoms with Crippen molar-refractivity contribution in [2.75, 3.05) is 7.11 Å². The van der Waals surface area contributed by atoms with Gasteiger partial charge in [0, 0.05) is 40.1 Å². The molecule has 30 heavy (non-hydrogen) atoms. The van der Waals surface area contributed by atoms with E-state index >= 15 is 0 Å². The Hall–Kier alpha value is -3.87. The number of aryl methyl sites for hydroxylation is 1. The lowest BCUT2D eigenvalue weighted by molar-refractivity contribution is -0.144. The van der Waals surface area contributed by atoms with Crippen molar-refractivity contribution in [1.29, 1.82) is 0 Å². The SMILES string of the molecule is COC(=O)[C@H](Cc1c[nH]c2ccccc12)NC(=O)C(=O)c1c(C)[nH]c2ccccc12. The summed E-state index contributed by atoms with van der Waals surface area (Å²) in [6.07, 6.45) is 1.99. The molecule has 0 unspecified atom stereocenters. The molecule has 152 valence electrons. The number of ketones is 1. The number of hydrogen-bond acceptors (Lipinski definition) is 4. The number of rotatable bonds is 6. The van der Waals surface area contributed by atoms with E-state index in [4.69, 9.17) is 4.74 Å². The van der Waals surface area contributed by atoms with Crippen LogP contribution < -0.4 is 5.32 Å². The number of aromatic amines is 2. The highest BCUT2D eigenvalue weighted by atomic mass is 16.5. The van der Waals surface area contributed by atoms with Crippen LogP contribution in [-0.2, 0) is 20.7 Å². The minimum absolute atomic E-state index is 0.197. The second-order valence-corrected chi connectivity index (χ2v) is 7.11. The number of esters is 1. The van der Waals surface area contributed by atoms with Gasteiger partial charge in [0.1, 0.15) is 6.04 Å². The van der Waals surface area contributed by atoms with Gasteiger partial charge in [-0.3, -0.25) is 9.59 Å². The number of nitrogens with one attached hydrogen (secondary N) is 3. The van der Waals surface area contributed by atoms with E-state index in [-0.39, 0.29) is 6.42 Å². The average molecular weight is 403 g/mol. The number of carbonyl (C=O) groups excluding carboxylic acids is 3. The highest BCUT2D eigenvalue weighted by Crippen LogP contribution is 2.23. The molecule has 7 heteroatoms. The van der Waals surface area contributed by atoms with Gasteiger partial charge >= 0.3 is 5.97 Å². The molecule has 4 rings (SSSR count). The number of para-hydroxylation sites is 2. The molecule has 0 aliphatic rings. The average Bonchev–Trinajstić information content (AvgIpc) is 3.32. The van der Waals surface area contributed by atoms with Crippen molar-refractivity contribution in [1.82, 2.24) is 15.3 Å². The topological polar surface area (TPSA) is 104 Å². The fourth-order valence-corrected chi connectivity index (χ4v) is 3.76. The molecular formula is C23H21N3O4. The third-order valence-electron chi connectivity index (χ3n) is 5.22. The Labute approximate surface area is 172 Å². The van der Waals surface area contributed by atoms with Gasteiger partial charge in [0.25, 0.3) is 11.7 Å². The lowest BCUT2D eigenvalue weighted by Gasteiger charge is -2.16. The standard InChI is InChI=1S/C23H21N3O4/c1-13-20(16-8-4-6-10-18(16)25-13)21(27)22(28)26-19(23(29)30-2)11-14-12-24-17-9-5-3-7-15(14)17/h3-10,12,19,24-25H,11H2,1-2H3,(H,26,28)/t19-/m0/s1. The minimum Gasteiger partial charge on any atom is -0.467 e. The third-order valence-corrected chi connectivity index (χ3v) is 5.22. The highest BCUT2D eigenvalue weighted by molar-refractivity contribution is 6.45. The molecule has 2 aromatic carbocycles. The first-order valence-electron chi connectivity index (χ1n) is 9.55. The summed E-state index contributed by atoms with van der Waals surface area (Å²) in [5.41, 5.74) is 3.45. The van der Waals surface area contributed by atoms with Crippen LogP contribution in [0.3, 0.4) is 0 Å². The van der Waals surface area contributed by atoms with E-state index in [1.54, 1.807) is 25.3 Å². The molecule has 1 amide bonds. The van der Waals surface area contributed by atoms with E-state index in [0.29, 0.717) is 16.6 Å². The van der Waals surface area contributed by atoms with Crippen LogP contribution in [0.1, 0.15) is 21.6 Å². The number of ether oxygens (including phenoxy) is 1. The molecule has 0 spiro atoms. The number of methoxy groups -OCH3 is 1. The van der Waals surface area contributed by atoms with Gasteiger partial charge in [0.05, 0.1) is 12.7 Å². The van der Waals surface area contributed by atoms with Crippen LogP contribution in [0.25, 0.3) is 21.8 Å². The fraction of sp³-hybridized carbons (Fsp3) is 0.174. The molecular weight excluding hydrogens is 382 g/mol. The smallest absolute Gasteiger partial charge is 0.328 e. The van der Waals surface area contributed by atoms with Gasteiger partial charge in [-0.15, -0.1) is 0 Å². The summed E-state index contributed by atoms with van der Waals surface area (Å²) < 4.78 is 4.86. The highest BCUT2D eigenvalue weighted by Gasteiger charge is 2.29. The summed E-state index contributed by atoms with van der Waals surface area (Å²) in [6, 6.07) is 13.9. The second-order valence-electron chi connectivity index (χ2n) is 7.11. The number of amides is 1. The Morgan fingerprint density at radius 1 is 1.00 bits per heavy atom. The number of Topliss-reactive ketones (excluding diaryl/α,β-unsaturated/α-hetero) is 1. The quantitative estimate of drug-likeness (QED) is 0.261. The lowest BCUT2D eigenvalue weighted by atomic mass is 10.0. The summed E-state index contributed by atoms with van der Waals surface area (Å²) in [4.78, 5) is 44.3. The molecule has 0 saturated heterocycles. The largest absolute Gasteiger partial charge is 0.467 e.